The average molecular weight is 355 g/mol. The number of nitrogens with two attached hydrogens (primary N) is 1. The summed E-state index contributed by atoms with van der Waals surface area (Å²) in [5.41, 5.74) is 6.22. The fourth-order valence-electron chi connectivity index (χ4n) is 2.27. The SMILES string of the molecule is NC(=O)c1ccc(NC(=O)[C@H](Br)C[C@@H]2CCCCO2)cc1. The fourth-order valence-corrected chi connectivity index (χ4v) is 2.80. The zero-order valence-electron chi connectivity index (χ0n) is 11.7. The summed E-state index contributed by atoms with van der Waals surface area (Å²) in [7, 11) is 0. The third-order valence-electron chi connectivity index (χ3n) is 3.47. The van der Waals surface area contributed by atoms with Gasteiger partial charge in [-0.25, -0.2) is 0 Å². The van der Waals surface area contributed by atoms with Gasteiger partial charge < -0.3 is 15.8 Å². The lowest BCUT2D eigenvalue weighted by Crippen LogP contribution is -2.29. The van der Waals surface area contributed by atoms with E-state index in [2.05, 4.69) is 21.2 Å². The molecule has 3 N–H and O–H groups in total. The summed E-state index contributed by atoms with van der Waals surface area (Å²) in [4.78, 5) is 22.8. The van der Waals surface area contributed by atoms with Crippen LogP contribution < -0.4 is 11.1 Å². The molecule has 1 fully saturated rings. The third-order valence-corrected chi connectivity index (χ3v) is 4.25. The normalized spacial score (nSPS) is 19.8. The first-order valence-electron chi connectivity index (χ1n) is 7.02. The van der Waals surface area contributed by atoms with Gasteiger partial charge in [0.15, 0.2) is 0 Å². The highest BCUT2D eigenvalue weighted by molar-refractivity contribution is 9.10. The number of halogens is 1. The lowest BCUT2D eigenvalue weighted by molar-refractivity contribution is -0.116. The molecule has 0 aliphatic carbocycles. The van der Waals surface area contributed by atoms with Crippen LogP contribution >= 0.6 is 15.9 Å². The van der Waals surface area contributed by atoms with E-state index in [9.17, 15) is 9.59 Å². The highest BCUT2D eigenvalue weighted by Gasteiger charge is 2.22. The molecule has 114 valence electrons. The highest BCUT2D eigenvalue weighted by Crippen LogP contribution is 2.21. The largest absolute Gasteiger partial charge is 0.378 e. The van der Waals surface area contributed by atoms with Crippen LogP contribution in [-0.4, -0.2) is 29.4 Å². The summed E-state index contributed by atoms with van der Waals surface area (Å²) in [5.74, 6) is -0.600. The maximum atomic E-state index is 12.1. The molecule has 5 nitrogen and oxygen atoms in total. The molecule has 0 radical (unpaired) electrons. The van der Waals surface area contributed by atoms with Crippen LogP contribution in [0, 0.1) is 0 Å². The van der Waals surface area contributed by atoms with Gasteiger partial charge in [0, 0.05) is 17.9 Å². The molecule has 0 bridgehead atoms. The molecule has 0 saturated carbocycles. The second-order valence-electron chi connectivity index (χ2n) is 5.12. The number of ether oxygens (including phenoxy) is 1. The fraction of sp³-hybridized carbons (Fsp3) is 0.467. The topological polar surface area (TPSA) is 81.4 Å². The van der Waals surface area contributed by atoms with Gasteiger partial charge >= 0.3 is 0 Å². The number of carbonyl (C=O) groups is 2. The quantitative estimate of drug-likeness (QED) is 0.796. The molecule has 2 amide bonds. The van der Waals surface area contributed by atoms with Crippen LogP contribution in [0.15, 0.2) is 24.3 Å². The van der Waals surface area contributed by atoms with E-state index in [1.54, 1.807) is 24.3 Å². The maximum absolute atomic E-state index is 12.1. The average Bonchev–Trinajstić information content (AvgIpc) is 2.48. The summed E-state index contributed by atoms with van der Waals surface area (Å²) in [6, 6.07) is 6.50. The number of hydrogen-bond acceptors (Lipinski definition) is 3. The van der Waals surface area contributed by atoms with Gasteiger partial charge in [0.1, 0.15) is 0 Å². The minimum Gasteiger partial charge on any atom is -0.378 e. The molecule has 0 unspecified atom stereocenters. The molecule has 2 atom stereocenters. The number of hydrogen-bond donors (Lipinski definition) is 2. The third kappa shape index (κ3) is 4.82. The Kier molecular flexibility index (Phi) is 5.76. The minimum atomic E-state index is -0.485. The predicted octanol–water partition coefficient (Wildman–Crippen LogP) is 2.45. The summed E-state index contributed by atoms with van der Waals surface area (Å²) < 4.78 is 5.63. The summed E-state index contributed by atoms with van der Waals surface area (Å²) in [6.07, 6.45) is 4.06. The number of alkyl halides is 1. The number of carbonyl (C=O) groups excluding carboxylic acids is 2. The number of rotatable bonds is 5. The smallest absolute Gasteiger partial charge is 0.248 e. The van der Waals surface area contributed by atoms with Crippen molar-refractivity contribution in [3.63, 3.8) is 0 Å². The van der Waals surface area contributed by atoms with Crippen molar-refractivity contribution in [2.24, 2.45) is 5.73 Å². The van der Waals surface area contributed by atoms with Crippen molar-refractivity contribution in [3.05, 3.63) is 29.8 Å². The van der Waals surface area contributed by atoms with Crippen LogP contribution in [0.2, 0.25) is 0 Å². The van der Waals surface area contributed by atoms with Crippen LogP contribution in [0.4, 0.5) is 5.69 Å². The van der Waals surface area contributed by atoms with Gasteiger partial charge in [-0.15, -0.1) is 0 Å². The molecule has 1 aromatic rings. The zero-order chi connectivity index (χ0) is 15.2. The maximum Gasteiger partial charge on any atom is 0.248 e. The molecular weight excluding hydrogens is 336 g/mol. The number of benzene rings is 1. The monoisotopic (exact) mass is 354 g/mol. The van der Waals surface area contributed by atoms with Crippen molar-refractivity contribution in [2.75, 3.05) is 11.9 Å². The van der Waals surface area contributed by atoms with Gasteiger partial charge in [0.05, 0.1) is 10.9 Å². The van der Waals surface area contributed by atoms with Crippen LogP contribution in [0.1, 0.15) is 36.0 Å². The van der Waals surface area contributed by atoms with E-state index in [4.69, 9.17) is 10.5 Å². The molecule has 21 heavy (non-hydrogen) atoms. The van der Waals surface area contributed by atoms with Crippen molar-refractivity contribution in [1.29, 1.82) is 0 Å². The standard InChI is InChI=1S/C15H19BrN2O3/c16-13(9-12-3-1-2-8-21-12)15(20)18-11-6-4-10(5-7-11)14(17)19/h4-7,12-13H,1-3,8-9H2,(H2,17,19)(H,18,20)/t12-,13+/m0/s1. The first-order chi connectivity index (χ1) is 10.1. The van der Waals surface area contributed by atoms with E-state index >= 15 is 0 Å². The van der Waals surface area contributed by atoms with Gasteiger partial charge in [0.2, 0.25) is 11.8 Å². The first kappa shape index (κ1) is 16.0. The van der Waals surface area contributed by atoms with Crippen molar-refractivity contribution in [2.45, 2.75) is 36.6 Å². The molecule has 1 aromatic carbocycles. The molecule has 1 aliphatic heterocycles. The highest BCUT2D eigenvalue weighted by atomic mass is 79.9. The van der Waals surface area contributed by atoms with E-state index in [0.29, 0.717) is 17.7 Å². The Labute approximate surface area is 132 Å². The predicted molar refractivity (Wildman–Crippen MR) is 84.5 cm³/mol. The second-order valence-corrected chi connectivity index (χ2v) is 6.23. The molecule has 2 rings (SSSR count). The second kappa shape index (κ2) is 7.56. The van der Waals surface area contributed by atoms with Gasteiger partial charge in [-0.1, -0.05) is 15.9 Å². The summed E-state index contributed by atoms with van der Waals surface area (Å²) >= 11 is 3.41. The van der Waals surface area contributed by atoms with Gasteiger partial charge in [-0.3, -0.25) is 9.59 Å². The van der Waals surface area contributed by atoms with Crippen molar-refractivity contribution in [3.8, 4) is 0 Å². The molecule has 1 aliphatic rings. The van der Waals surface area contributed by atoms with Crippen LogP contribution in [-0.2, 0) is 9.53 Å². The Morgan fingerprint density at radius 2 is 2.05 bits per heavy atom. The van der Waals surface area contributed by atoms with Crippen molar-refractivity contribution >= 4 is 33.4 Å². The van der Waals surface area contributed by atoms with E-state index in [0.717, 1.165) is 25.9 Å². The van der Waals surface area contributed by atoms with Gasteiger partial charge in [0.25, 0.3) is 0 Å². The minimum absolute atomic E-state index is 0.115. The van der Waals surface area contributed by atoms with E-state index in [1.165, 1.54) is 0 Å². The van der Waals surface area contributed by atoms with Gasteiger partial charge in [-0.05, 0) is 49.9 Å². The lowest BCUT2D eigenvalue weighted by atomic mass is 10.0. The molecule has 6 heteroatoms. The van der Waals surface area contributed by atoms with Crippen LogP contribution in [0.3, 0.4) is 0 Å². The summed E-state index contributed by atoms with van der Waals surface area (Å²) in [5, 5.41) is 2.80. The molecule has 0 spiro atoms. The molecule has 0 aromatic heterocycles. The van der Waals surface area contributed by atoms with E-state index in [1.807, 2.05) is 0 Å². The molecule has 1 saturated heterocycles. The van der Waals surface area contributed by atoms with Crippen LogP contribution in [0.5, 0.6) is 0 Å². The Hall–Kier alpha value is -1.40. The first-order valence-corrected chi connectivity index (χ1v) is 7.94. The summed E-state index contributed by atoms with van der Waals surface area (Å²) in [6.45, 7) is 0.778. The zero-order valence-corrected chi connectivity index (χ0v) is 13.3. The molecular formula is C15H19BrN2O3. The number of nitrogens with one attached hydrogen (secondary N) is 1. The number of amides is 2. The van der Waals surface area contributed by atoms with Crippen molar-refractivity contribution in [1.82, 2.24) is 0 Å². The Bertz CT molecular complexity index is 498. The van der Waals surface area contributed by atoms with E-state index < -0.39 is 5.91 Å². The van der Waals surface area contributed by atoms with Crippen LogP contribution in [0.25, 0.3) is 0 Å². The number of primary amides is 1. The Morgan fingerprint density at radius 1 is 1.33 bits per heavy atom. The molecule has 1 heterocycles. The Balaban J connectivity index is 1.86. The van der Waals surface area contributed by atoms with Crippen molar-refractivity contribution < 1.29 is 14.3 Å². The lowest BCUT2D eigenvalue weighted by Gasteiger charge is -2.24. The van der Waals surface area contributed by atoms with E-state index in [-0.39, 0.29) is 16.8 Å². The number of anilines is 1. The van der Waals surface area contributed by atoms with Gasteiger partial charge in [-0.2, -0.15) is 0 Å². The Morgan fingerprint density at radius 3 is 2.62 bits per heavy atom.